The highest BCUT2D eigenvalue weighted by atomic mass is 16.3. The lowest BCUT2D eigenvalue weighted by Crippen LogP contribution is -2.27. The van der Waals surface area contributed by atoms with Gasteiger partial charge in [0.1, 0.15) is 6.10 Å². The van der Waals surface area contributed by atoms with Gasteiger partial charge in [-0.1, -0.05) is 12.1 Å². The van der Waals surface area contributed by atoms with Crippen LogP contribution in [0, 0.1) is 11.3 Å². The lowest BCUT2D eigenvalue weighted by atomic mass is 10.0. The fourth-order valence-electron chi connectivity index (χ4n) is 1.62. The van der Waals surface area contributed by atoms with Crippen LogP contribution < -0.4 is 10.6 Å². The Hall–Kier alpha value is -1.61. The van der Waals surface area contributed by atoms with Crippen molar-refractivity contribution in [3.05, 3.63) is 29.8 Å². The molecule has 1 aromatic carbocycles. The fraction of sp³-hybridized carbons (Fsp3) is 0.462. The van der Waals surface area contributed by atoms with E-state index >= 15 is 0 Å². The number of rotatable bonds is 6. The number of aliphatic hydroxyl groups excluding tert-OH is 2. The number of nitriles is 1. The molecule has 0 aliphatic carbocycles. The Balaban J connectivity index is 2.71. The molecular formula is C13H19N3O2. The molecule has 2 atom stereocenters. The van der Waals surface area contributed by atoms with Crippen LogP contribution in [0.5, 0.6) is 0 Å². The van der Waals surface area contributed by atoms with Crippen molar-refractivity contribution in [1.82, 2.24) is 0 Å². The Morgan fingerprint density at radius 2 is 1.94 bits per heavy atom. The second-order valence-corrected chi connectivity index (χ2v) is 4.17. The molecule has 1 aromatic rings. The van der Waals surface area contributed by atoms with Crippen LogP contribution >= 0.6 is 0 Å². The monoisotopic (exact) mass is 249 g/mol. The first-order valence-electron chi connectivity index (χ1n) is 5.84. The molecule has 0 aromatic heterocycles. The third-order valence-corrected chi connectivity index (χ3v) is 2.84. The van der Waals surface area contributed by atoms with Gasteiger partial charge in [0.2, 0.25) is 0 Å². The van der Waals surface area contributed by atoms with Crippen LogP contribution in [0.25, 0.3) is 0 Å². The van der Waals surface area contributed by atoms with Gasteiger partial charge in [-0.25, -0.2) is 0 Å². The highest BCUT2D eigenvalue weighted by Crippen LogP contribution is 2.20. The SMILES string of the molecule is CN(CCC#N)c1ccc(C(O)C(O)CN)cc1. The van der Waals surface area contributed by atoms with E-state index in [0.717, 1.165) is 5.69 Å². The number of anilines is 1. The molecule has 0 saturated heterocycles. The first-order valence-corrected chi connectivity index (χ1v) is 5.84. The van der Waals surface area contributed by atoms with E-state index in [2.05, 4.69) is 6.07 Å². The van der Waals surface area contributed by atoms with Crippen molar-refractivity contribution in [2.75, 3.05) is 25.0 Å². The molecule has 0 aliphatic rings. The Morgan fingerprint density at radius 3 is 2.44 bits per heavy atom. The molecule has 0 amide bonds. The number of benzene rings is 1. The minimum atomic E-state index is -0.964. The van der Waals surface area contributed by atoms with Gasteiger partial charge in [0, 0.05) is 25.8 Å². The van der Waals surface area contributed by atoms with Crippen molar-refractivity contribution in [2.24, 2.45) is 5.73 Å². The van der Waals surface area contributed by atoms with Crippen LogP contribution in [-0.2, 0) is 0 Å². The zero-order valence-corrected chi connectivity index (χ0v) is 10.5. The maximum Gasteiger partial charge on any atom is 0.106 e. The standard InChI is InChI=1S/C13H19N3O2/c1-16(8-2-7-14)11-5-3-10(4-6-11)13(18)12(17)9-15/h3-6,12-13,17-18H,2,8-9,15H2,1H3. The molecule has 0 saturated carbocycles. The van der Waals surface area contributed by atoms with Gasteiger partial charge in [-0.3, -0.25) is 0 Å². The Bertz CT molecular complexity index is 400. The fourth-order valence-corrected chi connectivity index (χ4v) is 1.62. The Morgan fingerprint density at radius 1 is 1.33 bits per heavy atom. The summed E-state index contributed by atoms with van der Waals surface area (Å²) in [5.41, 5.74) is 6.89. The lowest BCUT2D eigenvalue weighted by molar-refractivity contribution is 0.0243. The molecule has 0 spiro atoms. The van der Waals surface area contributed by atoms with E-state index < -0.39 is 12.2 Å². The van der Waals surface area contributed by atoms with Gasteiger partial charge in [0.05, 0.1) is 18.6 Å². The molecule has 2 unspecified atom stereocenters. The summed E-state index contributed by atoms with van der Waals surface area (Å²) in [5.74, 6) is 0. The zero-order chi connectivity index (χ0) is 13.5. The zero-order valence-electron chi connectivity index (χ0n) is 10.5. The molecular weight excluding hydrogens is 230 g/mol. The van der Waals surface area contributed by atoms with Crippen molar-refractivity contribution in [3.8, 4) is 6.07 Å². The van der Waals surface area contributed by atoms with Crippen LogP contribution in [0.1, 0.15) is 18.1 Å². The van der Waals surface area contributed by atoms with Crippen molar-refractivity contribution >= 4 is 5.69 Å². The van der Waals surface area contributed by atoms with Crippen LogP contribution in [-0.4, -0.2) is 36.5 Å². The molecule has 4 N–H and O–H groups in total. The van der Waals surface area contributed by atoms with Gasteiger partial charge in [0.25, 0.3) is 0 Å². The third kappa shape index (κ3) is 3.70. The molecule has 0 radical (unpaired) electrons. The minimum absolute atomic E-state index is 0.0188. The second kappa shape index (κ2) is 6.97. The quantitative estimate of drug-likeness (QED) is 0.678. The van der Waals surface area contributed by atoms with Gasteiger partial charge in [-0.2, -0.15) is 5.26 Å². The van der Waals surface area contributed by atoms with E-state index in [0.29, 0.717) is 18.5 Å². The first kappa shape index (κ1) is 14.5. The molecule has 0 heterocycles. The van der Waals surface area contributed by atoms with Crippen LogP contribution in [0.2, 0.25) is 0 Å². The van der Waals surface area contributed by atoms with Crippen LogP contribution in [0.3, 0.4) is 0 Å². The molecule has 0 aliphatic heterocycles. The maximum absolute atomic E-state index is 9.77. The van der Waals surface area contributed by atoms with Crippen molar-refractivity contribution < 1.29 is 10.2 Å². The van der Waals surface area contributed by atoms with Crippen molar-refractivity contribution in [3.63, 3.8) is 0 Å². The van der Waals surface area contributed by atoms with Gasteiger partial charge < -0.3 is 20.8 Å². The van der Waals surface area contributed by atoms with E-state index in [-0.39, 0.29) is 6.54 Å². The summed E-state index contributed by atoms with van der Waals surface area (Å²) >= 11 is 0. The second-order valence-electron chi connectivity index (χ2n) is 4.17. The third-order valence-electron chi connectivity index (χ3n) is 2.84. The van der Waals surface area contributed by atoms with E-state index in [4.69, 9.17) is 11.0 Å². The minimum Gasteiger partial charge on any atom is -0.389 e. The lowest BCUT2D eigenvalue weighted by Gasteiger charge is -2.20. The van der Waals surface area contributed by atoms with E-state index in [9.17, 15) is 10.2 Å². The molecule has 0 fully saturated rings. The van der Waals surface area contributed by atoms with E-state index in [1.807, 2.05) is 24.1 Å². The Kier molecular flexibility index (Phi) is 5.59. The summed E-state index contributed by atoms with van der Waals surface area (Å²) in [6.07, 6.45) is -1.45. The van der Waals surface area contributed by atoms with Gasteiger partial charge in [-0.05, 0) is 17.7 Å². The first-order chi connectivity index (χ1) is 8.60. The highest BCUT2D eigenvalue weighted by Gasteiger charge is 2.16. The maximum atomic E-state index is 9.77. The number of hydrogen-bond acceptors (Lipinski definition) is 5. The molecule has 18 heavy (non-hydrogen) atoms. The van der Waals surface area contributed by atoms with Crippen molar-refractivity contribution in [1.29, 1.82) is 5.26 Å². The van der Waals surface area contributed by atoms with Crippen molar-refractivity contribution in [2.45, 2.75) is 18.6 Å². The average Bonchev–Trinajstić information content (AvgIpc) is 2.43. The molecule has 5 nitrogen and oxygen atoms in total. The highest BCUT2D eigenvalue weighted by molar-refractivity contribution is 5.47. The largest absolute Gasteiger partial charge is 0.389 e. The summed E-state index contributed by atoms with van der Waals surface area (Å²) in [5, 5.41) is 27.7. The summed E-state index contributed by atoms with van der Waals surface area (Å²) in [6.45, 7) is 0.675. The van der Waals surface area contributed by atoms with Gasteiger partial charge in [0.15, 0.2) is 0 Å². The summed E-state index contributed by atoms with van der Waals surface area (Å²) in [4.78, 5) is 1.96. The average molecular weight is 249 g/mol. The molecule has 1 rings (SSSR count). The molecule has 5 heteroatoms. The smallest absolute Gasteiger partial charge is 0.106 e. The number of nitrogens with zero attached hydrogens (tertiary/aromatic N) is 2. The van der Waals surface area contributed by atoms with Gasteiger partial charge >= 0.3 is 0 Å². The van der Waals surface area contributed by atoms with E-state index in [1.54, 1.807) is 12.1 Å². The van der Waals surface area contributed by atoms with Crippen LogP contribution in [0.15, 0.2) is 24.3 Å². The van der Waals surface area contributed by atoms with Crippen LogP contribution in [0.4, 0.5) is 5.69 Å². The Labute approximate surface area is 107 Å². The molecule has 98 valence electrons. The topological polar surface area (TPSA) is 93.5 Å². The van der Waals surface area contributed by atoms with Gasteiger partial charge in [-0.15, -0.1) is 0 Å². The number of hydrogen-bond donors (Lipinski definition) is 3. The predicted octanol–water partition coefficient (Wildman–Crippen LogP) is 0.389. The number of aliphatic hydroxyl groups is 2. The molecule has 0 bridgehead atoms. The summed E-state index contributed by atoms with van der Waals surface area (Å²) in [7, 11) is 1.90. The summed E-state index contributed by atoms with van der Waals surface area (Å²) < 4.78 is 0. The number of nitrogens with two attached hydrogens (primary N) is 1. The normalized spacial score (nSPS) is 13.7. The van der Waals surface area contributed by atoms with E-state index in [1.165, 1.54) is 0 Å². The summed E-state index contributed by atoms with van der Waals surface area (Å²) in [6, 6.07) is 9.29. The predicted molar refractivity (Wildman–Crippen MR) is 70.0 cm³/mol.